The first kappa shape index (κ1) is 18.3. The zero-order valence-electron chi connectivity index (χ0n) is 13.5. The van der Waals surface area contributed by atoms with E-state index in [0.717, 1.165) is 16.5 Å². The van der Waals surface area contributed by atoms with Gasteiger partial charge in [-0.3, -0.25) is 9.78 Å². The van der Waals surface area contributed by atoms with Crippen LogP contribution in [-0.2, 0) is 4.79 Å². The highest BCUT2D eigenvalue weighted by Gasteiger charge is 2.25. The molecule has 1 aromatic heterocycles. The molecule has 4 nitrogen and oxygen atoms in total. The van der Waals surface area contributed by atoms with Gasteiger partial charge in [0.05, 0.1) is 25.5 Å². The Morgan fingerprint density at radius 1 is 1.04 bits per heavy atom. The van der Waals surface area contributed by atoms with Crippen molar-refractivity contribution in [3.8, 4) is 0 Å². The van der Waals surface area contributed by atoms with E-state index in [0.29, 0.717) is 30.8 Å². The maximum atomic E-state index is 12.3. The fraction of sp³-hybridized carbons (Fsp3) is 0. The number of amides is 1. The third-order valence-electron chi connectivity index (χ3n) is 3.84. The van der Waals surface area contributed by atoms with Crippen LogP contribution in [-0.4, -0.2) is 16.1 Å². The van der Waals surface area contributed by atoms with E-state index in [4.69, 9.17) is 34.8 Å². The second-order valence-corrected chi connectivity index (χ2v) is 7.81. The third kappa shape index (κ3) is 3.69. The van der Waals surface area contributed by atoms with E-state index in [1.807, 2.05) is 24.3 Å². The smallest absolute Gasteiger partial charge is 0.264 e. The van der Waals surface area contributed by atoms with Crippen LogP contribution in [0.5, 0.6) is 0 Å². The number of benzene rings is 2. The van der Waals surface area contributed by atoms with Crippen LogP contribution in [0.15, 0.2) is 58.6 Å². The van der Waals surface area contributed by atoms with E-state index < -0.39 is 0 Å². The topological polar surface area (TPSA) is 54.4 Å². The van der Waals surface area contributed by atoms with Crippen molar-refractivity contribution in [3.05, 3.63) is 74.2 Å². The minimum absolute atomic E-state index is 0.260. The van der Waals surface area contributed by atoms with Crippen molar-refractivity contribution in [3.63, 3.8) is 0 Å². The molecule has 0 saturated carbocycles. The standard InChI is InChI=1S/C19H10Cl3N3OS/c20-12-4-1-5-13(21)17(12)24-19-25-18(26)15(27-19)9-10-6-7-14-11(16(10)22)3-2-8-23-14/h1-9H,(H,24,25,26)/b15-9-. The number of aromatic nitrogens is 1. The summed E-state index contributed by atoms with van der Waals surface area (Å²) in [5, 5.41) is 5.31. The van der Waals surface area contributed by atoms with Crippen molar-refractivity contribution in [2.45, 2.75) is 0 Å². The van der Waals surface area contributed by atoms with Gasteiger partial charge in [0.2, 0.25) is 0 Å². The highest BCUT2D eigenvalue weighted by atomic mass is 35.5. The number of hydrogen-bond donors (Lipinski definition) is 1. The summed E-state index contributed by atoms with van der Waals surface area (Å²) in [6.07, 6.45) is 3.44. The molecule has 0 radical (unpaired) electrons. The molecule has 27 heavy (non-hydrogen) atoms. The van der Waals surface area contributed by atoms with Crippen LogP contribution >= 0.6 is 46.6 Å². The Bertz CT molecular complexity index is 1120. The highest BCUT2D eigenvalue weighted by Crippen LogP contribution is 2.36. The number of pyridine rings is 1. The Labute approximate surface area is 174 Å². The molecule has 134 valence electrons. The Morgan fingerprint density at radius 3 is 2.59 bits per heavy atom. The second-order valence-electron chi connectivity index (χ2n) is 5.59. The fourth-order valence-electron chi connectivity index (χ4n) is 2.56. The third-order valence-corrected chi connectivity index (χ3v) is 5.78. The summed E-state index contributed by atoms with van der Waals surface area (Å²) < 4.78 is 0. The maximum absolute atomic E-state index is 12.3. The van der Waals surface area contributed by atoms with E-state index in [1.165, 1.54) is 11.8 Å². The number of carbonyl (C=O) groups is 1. The number of para-hydroxylation sites is 1. The number of carbonyl (C=O) groups excluding carboxylic acids is 1. The number of fused-ring (bicyclic) bond motifs is 1. The van der Waals surface area contributed by atoms with Crippen LogP contribution in [0.1, 0.15) is 5.56 Å². The van der Waals surface area contributed by atoms with Gasteiger partial charge in [0, 0.05) is 11.6 Å². The number of thioether (sulfide) groups is 1. The first-order valence-electron chi connectivity index (χ1n) is 7.80. The van der Waals surface area contributed by atoms with Gasteiger partial charge in [0.1, 0.15) is 5.69 Å². The van der Waals surface area contributed by atoms with E-state index in [2.05, 4.69) is 15.3 Å². The van der Waals surface area contributed by atoms with Gasteiger partial charge in [-0.2, -0.15) is 0 Å². The zero-order valence-corrected chi connectivity index (χ0v) is 16.6. The van der Waals surface area contributed by atoms with Crippen molar-refractivity contribution in [1.29, 1.82) is 0 Å². The van der Waals surface area contributed by atoms with Gasteiger partial charge >= 0.3 is 0 Å². The number of halogens is 3. The Morgan fingerprint density at radius 2 is 1.81 bits per heavy atom. The minimum Gasteiger partial charge on any atom is -0.300 e. The Balaban J connectivity index is 1.69. The SMILES string of the molecule is O=C1NC(=Nc2c(Cl)cccc2Cl)S/C1=C\c1ccc2ncccc2c1Cl. The molecule has 0 bridgehead atoms. The fourth-order valence-corrected chi connectivity index (χ4v) is 4.14. The normalized spacial score (nSPS) is 17.1. The minimum atomic E-state index is -0.260. The van der Waals surface area contributed by atoms with Crippen LogP contribution < -0.4 is 5.32 Å². The Kier molecular flexibility index (Phi) is 5.10. The average Bonchev–Trinajstić information content (AvgIpc) is 3.00. The molecular weight excluding hydrogens is 425 g/mol. The molecule has 1 amide bonds. The number of aliphatic imine (C=N–C) groups is 1. The molecule has 4 rings (SSSR count). The molecule has 0 aliphatic carbocycles. The molecular formula is C19H10Cl3N3OS. The summed E-state index contributed by atoms with van der Waals surface area (Å²) in [6.45, 7) is 0. The molecule has 1 fully saturated rings. The van der Waals surface area contributed by atoms with Gasteiger partial charge in [-0.25, -0.2) is 4.99 Å². The second kappa shape index (κ2) is 7.52. The van der Waals surface area contributed by atoms with Crippen molar-refractivity contribution in [2.75, 3.05) is 0 Å². The molecule has 1 aliphatic heterocycles. The molecule has 2 heterocycles. The quantitative estimate of drug-likeness (QED) is 0.497. The van der Waals surface area contributed by atoms with Crippen LogP contribution in [0.3, 0.4) is 0 Å². The number of amidine groups is 1. The molecule has 1 N–H and O–H groups in total. The molecule has 0 atom stereocenters. The number of nitrogens with one attached hydrogen (secondary N) is 1. The molecule has 3 aromatic rings. The summed E-state index contributed by atoms with van der Waals surface area (Å²) >= 11 is 20.0. The van der Waals surface area contributed by atoms with Crippen LogP contribution in [0.4, 0.5) is 5.69 Å². The molecule has 0 spiro atoms. The summed E-state index contributed by atoms with van der Waals surface area (Å²) in [5.41, 5.74) is 1.94. The molecule has 0 unspecified atom stereocenters. The Hall–Kier alpha value is -2.05. The summed E-state index contributed by atoms with van der Waals surface area (Å²) in [5.74, 6) is -0.260. The van der Waals surface area contributed by atoms with Crippen molar-refractivity contribution in [1.82, 2.24) is 10.3 Å². The lowest BCUT2D eigenvalue weighted by Crippen LogP contribution is -2.19. The lowest BCUT2D eigenvalue weighted by atomic mass is 10.1. The molecule has 1 aliphatic rings. The lowest BCUT2D eigenvalue weighted by Gasteiger charge is -2.03. The number of nitrogens with zero attached hydrogens (tertiary/aromatic N) is 2. The first-order chi connectivity index (χ1) is 13.0. The molecule has 1 saturated heterocycles. The highest BCUT2D eigenvalue weighted by molar-refractivity contribution is 8.18. The van der Waals surface area contributed by atoms with Gasteiger partial charge in [-0.15, -0.1) is 0 Å². The van der Waals surface area contributed by atoms with Gasteiger partial charge < -0.3 is 5.32 Å². The number of rotatable bonds is 2. The van der Waals surface area contributed by atoms with E-state index >= 15 is 0 Å². The summed E-state index contributed by atoms with van der Waals surface area (Å²) in [6, 6.07) is 12.5. The maximum Gasteiger partial charge on any atom is 0.264 e. The molecule has 8 heteroatoms. The predicted octanol–water partition coefficient (Wildman–Crippen LogP) is 6.09. The monoisotopic (exact) mass is 433 g/mol. The predicted molar refractivity (Wildman–Crippen MR) is 114 cm³/mol. The lowest BCUT2D eigenvalue weighted by molar-refractivity contribution is -0.115. The van der Waals surface area contributed by atoms with Crippen LogP contribution in [0, 0.1) is 0 Å². The van der Waals surface area contributed by atoms with Gasteiger partial charge in [0.25, 0.3) is 5.91 Å². The first-order valence-corrected chi connectivity index (χ1v) is 9.75. The summed E-state index contributed by atoms with van der Waals surface area (Å²) in [4.78, 5) is 21.4. The summed E-state index contributed by atoms with van der Waals surface area (Å²) in [7, 11) is 0. The van der Waals surface area contributed by atoms with Crippen molar-refractivity contribution >= 4 is 80.3 Å². The van der Waals surface area contributed by atoms with Gasteiger partial charge in [-0.1, -0.05) is 46.9 Å². The van der Waals surface area contributed by atoms with E-state index in [-0.39, 0.29) is 5.91 Å². The van der Waals surface area contributed by atoms with Gasteiger partial charge in [-0.05, 0) is 53.7 Å². The van der Waals surface area contributed by atoms with Gasteiger partial charge in [0.15, 0.2) is 5.17 Å². The molecule has 2 aromatic carbocycles. The zero-order chi connectivity index (χ0) is 19.0. The van der Waals surface area contributed by atoms with Crippen molar-refractivity contribution < 1.29 is 4.79 Å². The van der Waals surface area contributed by atoms with E-state index in [9.17, 15) is 4.79 Å². The van der Waals surface area contributed by atoms with Crippen molar-refractivity contribution in [2.24, 2.45) is 4.99 Å². The van der Waals surface area contributed by atoms with Crippen LogP contribution in [0.25, 0.3) is 17.0 Å². The van der Waals surface area contributed by atoms with E-state index in [1.54, 1.807) is 30.5 Å². The average molecular weight is 435 g/mol. The number of hydrogen-bond acceptors (Lipinski definition) is 4. The van der Waals surface area contributed by atoms with Crippen LogP contribution in [0.2, 0.25) is 15.1 Å². The largest absolute Gasteiger partial charge is 0.300 e.